The molecule has 1 atom stereocenters. The van der Waals surface area contributed by atoms with Crippen LogP contribution in [0.2, 0.25) is 0 Å². The Bertz CT molecular complexity index is 419. The lowest BCUT2D eigenvalue weighted by atomic mass is 10.1. The summed E-state index contributed by atoms with van der Waals surface area (Å²) in [6.45, 7) is 0. The van der Waals surface area contributed by atoms with E-state index in [1.54, 1.807) is 0 Å². The number of halogens is 3. The van der Waals surface area contributed by atoms with Crippen LogP contribution in [0.4, 0.5) is 13.2 Å². The molecule has 106 valence electrons. The fourth-order valence-corrected chi connectivity index (χ4v) is 1.52. The van der Waals surface area contributed by atoms with Gasteiger partial charge in [-0.2, -0.15) is 13.2 Å². The molecular weight excluding hydrogens is 285 g/mol. The van der Waals surface area contributed by atoms with Gasteiger partial charge in [0.25, 0.3) is 0 Å². The number of aliphatic hydroxyl groups excluding tert-OH is 1. The highest BCUT2D eigenvalue weighted by atomic mass is 32.2. The molecule has 0 bridgehead atoms. The van der Waals surface area contributed by atoms with Gasteiger partial charge in [-0.3, -0.25) is 0 Å². The van der Waals surface area contributed by atoms with Gasteiger partial charge in [0.15, 0.2) is 18.1 Å². The van der Waals surface area contributed by atoms with Gasteiger partial charge in [0.1, 0.15) is 5.75 Å². The molecule has 0 radical (unpaired) electrons. The van der Waals surface area contributed by atoms with Crippen molar-refractivity contribution in [1.29, 1.82) is 0 Å². The van der Waals surface area contributed by atoms with Gasteiger partial charge in [-0.15, -0.1) is 0 Å². The molecule has 4 nitrogen and oxygen atoms in total. The van der Waals surface area contributed by atoms with E-state index in [4.69, 9.17) is 0 Å². The molecule has 1 unspecified atom stereocenters. The monoisotopic (exact) mass is 296 g/mol. The lowest BCUT2D eigenvalue weighted by Crippen LogP contribution is -2.23. The molecule has 0 fully saturated rings. The van der Waals surface area contributed by atoms with Crippen LogP contribution in [0.15, 0.2) is 24.3 Å². The number of benzene rings is 1. The summed E-state index contributed by atoms with van der Waals surface area (Å²) < 4.78 is 44.4. The molecule has 1 aromatic rings. The Morgan fingerprint density at radius 3 is 2.42 bits per heavy atom. The van der Waals surface area contributed by atoms with Gasteiger partial charge in [0.2, 0.25) is 0 Å². The van der Waals surface area contributed by atoms with Crippen molar-refractivity contribution in [3.63, 3.8) is 0 Å². The molecule has 0 aromatic heterocycles. The van der Waals surface area contributed by atoms with Crippen molar-refractivity contribution in [1.82, 2.24) is 0 Å². The summed E-state index contributed by atoms with van der Waals surface area (Å²) in [4.78, 5) is 11.0. The number of rotatable bonds is 5. The molecule has 0 amide bonds. The SMILES string of the molecule is COC(=O)C(O)Cc1ccc(OSC(F)(F)F)cc1. The van der Waals surface area contributed by atoms with Crippen LogP contribution >= 0.6 is 12.0 Å². The zero-order valence-electron chi connectivity index (χ0n) is 9.81. The fraction of sp³-hybridized carbons (Fsp3) is 0.364. The van der Waals surface area contributed by atoms with Crippen LogP contribution < -0.4 is 4.18 Å². The summed E-state index contributed by atoms with van der Waals surface area (Å²) in [7, 11) is 1.15. The Morgan fingerprint density at radius 1 is 1.37 bits per heavy atom. The Balaban J connectivity index is 2.54. The minimum absolute atomic E-state index is 0.0133. The Kier molecular flexibility index (Phi) is 5.49. The number of aliphatic hydroxyl groups is 1. The first-order chi connectivity index (χ1) is 8.81. The first-order valence-electron chi connectivity index (χ1n) is 5.09. The van der Waals surface area contributed by atoms with E-state index in [-0.39, 0.29) is 12.2 Å². The molecule has 8 heteroatoms. The summed E-state index contributed by atoms with van der Waals surface area (Å²) in [5.41, 5.74) is -3.90. The molecule has 0 spiro atoms. The van der Waals surface area contributed by atoms with Gasteiger partial charge in [-0.05, 0) is 17.7 Å². The predicted octanol–water partition coefficient (Wildman–Crippen LogP) is 2.31. The molecule has 0 aliphatic heterocycles. The van der Waals surface area contributed by atoms with Gasteiger partial charge in [0.05, 0.1) is 7.11 Å². The van der Waals surface area contributed by atoms with Crippen LogP contribution in [0.3, 0.4) is 0 Å². The van der Waals surface area contributed by atoms with E-state index in [9.17, 15) is 23.1 Å². The number of hydrogen-bond donors (Lipinski definition) is 1. The quantitative estimate of drug-likeness (QED) is 0.667. The molecule has 1 aromatic carbocycles. The number of alkyl halides is 3. The third-order valence-electron chi connectivity index (χ3n) is 2.06. The van der Waals surface area contributed by atoms with Crippen molar-refractivity contribution in [3.8, 4) is 5.75 Å². The molecule has 0 aliphatic carbocycles. The summed E-state index contributed by atoms with van der Waals surface area (Å²) in [5, 5.41) is 9.39. The van der Waals surface area contributed by atoms with E-state index in [2.05, 4.69) is 8.92 Å². The maximum absolute atomic E-state index is 11.9. The Hall–Kier alpha value is -1.41. The van der Waals surface area contributed by atoms with Crippen LogP contribution in [0.1, 0.15) is 5.56 Å². The zero-order chi connectivity index (χ0) is 14.5. The van der Waals surface area contributed by atoms with Crippen LogP contribution in [0.5, 0.6) is 5.75 Å². The lowest BCUT2D eigenvalue weighted by molar-refractivity contribution is -0.150. The Morgan fingerprint density at radius 2 is 1.95 bits per heavy atom. The molecule has 19 heavy (non-hydrogen) atoms. The van der Waals surface area contributed by atoms with Crippen LogP contribution in [-0.2, 0) is 16.0 Å². The number of methoxy groups -OCH3 is 1. The molecule has 0 aliphatic rings. The van der Waals surface area contributed by atoms with E-state index >= 15 is 0 Å². The van der Waals surface area contributed by atoms with E-state index in [1.165, 1.54) is 24.3 Å². The minimum Gasteiger partial charge on any atom is -0.467 e. The summed E-state index contributed by atoms with van der Waals surface area (Å²) in [5.74, 6) is -0.744. The number of ether oxygens (including phenoxy) is 1. The van der Waals surface area contributed by atoms with E-state index in [1.807, 2.05) is 0 Å². The van der Waals surface area contributed by atoms with E-state index in [0.29, 0.717) is 5.56 Å². The van der Waals surface area contributed by atoms with Gasteiger partial charge in [-0.1, -0.05) is 12.1 Å². The predicted molar refractivity (Wildman–Crippen MR) is 62.4 cm³/mol. The topological polar surface area (TPSA) is 55.8 Å². The van der Waals surface area contributed by atoms with Gasteiger partial charge in [0, 0.05) is 6.42 Å². The minimum atomic E-state index is -4.47. The van der Waals surface area contributed by atoms with Gasteiger partial charge >= 0.3 is 11.5 Å². The summed E-state index contributed by atoms with van der Waals surface area (Å²) in [6.07, 6.45) is -1.29. The maximum Gasteiger partial charge on any atom is 0.479 e. The van der Waals surface area contributed by atoms with Crippen LogP contribution in [0.25, 0.3) is 0 Å². The van der Waals surface area contributed by atoms with Gasteiger partial charge < -0.3 is 14.0 Å². The normalized spacial score (nSPS) is 12.9. The standard InChI is InChI=1S/C11H11F3O4S/c1-17-10(16)9(15)6-7-2-4-8(5-3-7)18-19-11(12,13)14/h2-5,9,15H,6H2,1H3. The number of carbonyl (C=O) groups excluding carboxylic acids is 1. The second-order valence-electron chi connectivity index (χ2n) is 3.50. The van der Waals surface area contributed by atoms with Crippen molar-refractivity contribution in [3.05, 3.63) is 29.8 Å². The first kappa shape index (κ1) is 15.6. The van der Waals surface area contributed by atoms with E-state index in [0.717, 1.165) is 7.11 Å². The third-order valence-corrected chi connectivity index (χ3v) is 2.52. The first-order valence-corrected chi connectivity index (χ1v) is 5.83. The molecule has 1 N–H and O–H groups in total. The van der Waals surface area contributed by atoms with Crippen molar-refractivity contribution >= 4 is 18.0 Å². The smallest absolute Gasteiger partial charge is 0.467 e. The molecule has 0 saturated carbocycles. The van der Waals surface area contributed by atoms with Crippen molar-refractivity contribution in [2.45, 2.75) is 18.0 Å². The van der Waals surface area contributed by atoms with Crippen molar-refractivity contribution in [2.24, 2.45) is 0 Å². The van der Waals surface area contributed by atoms with Gasteiger partial charge in [-0.25, -0.2) is 4.79 Å². The third kappa shape index (κ3) is 5.84. The number of hydrogen-bond acceptors (Lipinski definition) is 5. The summed E-state index contributed by atoms with van der Waals surface area (Å²) in [6, 6.07) is 5.55. The average molecular weight is 296 g/mol. The Labute approximate surface area is 111 Å². The number of esters is 1. The highest BCUT2D eigenvalue weighted by Gasteiger charge is 2.31. The molecule has 0 heterocycles. The highest BCUT2D eigenvalue weighted by molar-refractivity contribution is 7.95. The van der Waals surface area contributed by atoms with Crippen LogP contribution in [0, 0.1) is 0 Å². The second kappa shape index (κ2) is 6.67. The molecule has 0 saturated heterocycles. The average Bonchev–Trinajstić information content (AvgIpc) is 2.36. The second-order valence-corrected chi connectivity index (χ2v) is 4.30. The zero-order valence-corrected chi connectivity index (χ0v) is 10.6. The molecule has 1 rings (SSSR count). The maximum atomic E-state index is 11.9. The number of carbonyl (C=O) groups is 1. The van der Waals surface area contributed by atoms with Crippen molar-refractivity contribution in [2.75, 3.05) is 7.11 Å². The largest absolute Gasteiger partial charge is 0.479 e. The fourth-order valence-electron chi connectivity index (χ4n) is 1.22. The lowest BCUT2D eigenvalue weighted by Gasteiger charge is -2.09. The van der Waals surface area contributed by atoms with Crippen LogP contribution in [-0.4, -0.2) is 29.8 Å². The highest BCUT2D eigenvalue weighted by Crippen LogP contribution is 2.32. The summed E-state index contributed by atoms with van der Waals surface area (Å²) >= 11 is -0.609. The molecular formula is C11H11F3O4S. The van der Waals surface area contributed by atoms with E-state index < -0.39 is 29.6 Å². The van der Waals surface area contributed by atoms with Crippen molar-refractivity contribution < 1.29 is 32.0 Å².